The van der Waals surface area contributed by atoms with E-state index in [1.54, 1.807) is 20.8 Å². The van der Waals surface area contributed by atoms with E-state index in [2.05, 4.69) is 0 Å². The Balaban J connectivity index is 4.29. The summed E-state index contributed by atoms with van der Waals surface area (Å²) < 4.78 is 22.2. The summed E-state index contributed by atoms with van der Waals surface area (Å²) in [5, 5.41) is 0. The predicted octanol–water partition coefficient (Wildman–Crippen LogP) is 2.52. The van der Waals surface area contributed by atoms with Crippen LogP contribution in [0.3, 0.4) is 0 Å². The molecule has 2 atom stereocenters. The molecule has 0 aromatic rings. The van der Waals surface area contributed by atoms with Crippen LogP contribution in [-0.4, -0.2) is 31.5 Å². The van der Waals surface area contributed by atoms with Crippen molar-refractivity contribution in [2.24, 2.45) is 5.92 Å². The maximum absolute atomic E-state index is 12.1. The van der Waals surface area contributed by atoms with Gasteiger partial charge in [-0.2, -0.15) is 0 Å². The van der Waals surface area contributed by atoms with Crippen molar-refractivity contribution >= 4 is 13.3 Å². The van der Waals surface area contributed by atoms with Crippen LogP contribution in [0.25, 0.3) is 0 Å². The molecule has 4 nitrogen and oxygen atoms in total. The molecule has 5 heteroatoms. The molecule has 0 aromatic heterocycles. The highest BCUT2D eigenvalue weighted by molar-refractivity contribution is 7.59. The van der Waals surface area contributed by atoms with E-state index in [9.17, 15) is 9.36 Å². The molecule has 0 rings (SSSR count). The lowest BCUT2D eigenvalue weighted by Gasteiger charge is -2.19. The fraction of sp³-hybridized carbons (Fsp3) is 0.900. The lowest BCUT2D eigenvalue weighted by Crippen LogP contribution is -2.19. The average molecular weight is 236 g/mol. The van der Waals surface area contributed by atoms with Crippen LogP contribution < -0.4 is 0 Å². The highest BCUT2D eigenvalue weighted by atomic mass is 31.2. The van der Waals surface area contributed by atoms with Crippen LogP contribution in [0.4, 0.5) is 0 Å². The topological polar surface area (TPSA) is 52.6 Å². The lowest BCUT2D eigenvalue weighted by molar-refractivity contribution is -0.146. The first-order valence-electron chi connectivity index (χ1n) is 5.38. The number of hydrogen-bond donors (Lipinski definition) is 0. The summed E-state index contributed by atoms with van der Waals surface area (Å²) in [5.74, 6) is -0.659. The Kier molecular flexibility index (Phi) is 6.86. The predicted molar refractivity (Wildman–Crippen MR) is 60.4 cm³/mol. The molecule has 0 N–H and O–H groups in total. The Bertz CT molecular complexity index is 240. The second-order valence-electron chi connectivity index (χ2n) is 3.38. The van der Waals surface area contributed by atoms with Crippen LogP contribution in [0.15, 0.2) is 0 Å². The Hall–Kier alpha value is -0.340. The molecule has 0 aliphatic rings. The van der Waals surface area contributed by atoms with Gasteiger partial charge >= 0.3 is 5.97 Å². The molecule has 0 bridgehead atoms. The molecule has 0 amide bonds. The summed E-state index contributed by atoms with van der Waals surface area (Å²) in [6.45, 7) is 7.87. The van der Waals surface area contributed by atoms with Gasteiger partial charge in [0.05, 0.1) is 19.1 Å². The van der Waals surface area contributed by atoms with Gasteiger partial charge in [0.25, 0.3) is 0 Å². The van der Waals surface area contributed by atoms with E-state index < -0.39 is 7.37 Å². The minimum Gasteiger partial charge on any atom is -0.466 e. The Labute approximate surface area is 91.8 Å². The number of carbonyl (C=O) groups excluding carboxylic acids is 1. The number of hydrogen-bond acceptors (Lipinski definition) is 4. The summed E-state index contributed by atoms with van der Waals surface area (Å²) >= 11 is 0. The van der Waals surface area contributed by atoms with Crippen molar-refractivity contribution in [3.05, 3.63) is 0 Å². The third-order valence-electron chi connectivity index (χ3n) is 2.09. The standard InChI is InChI=1S/C10H21O4P/c1-5-13-10(11)9(4)8-15(12,7-3)14-6-2/h9H,5-8H2,1-4H3. The van der Waals surface area contributed by atoms with Gasteiger partial charge in [0.1, 0.15) is 0 Å². The molecule has 0 spiro atoms. The van der Waals surface area contributed by atoms with E-state index in [0.717, 1.165) is 0 Å². The number of carbonyl (C=O) groups is 1. The van der Waals surface area contributed by atoms with Gasteiger partial charge in [-0.15, -0.1) is 0 Å². The summed E-state index contributed by atoms with van der Waals surface area (Å²) in [5.41, 5.74) is 0. The van der Waals surface area contributed by atoms with Gasteiger partial charge in [-0.3, -0.25) is 9.36 Å². The first-order valence-corrected chi connectivity index (χ1v) is 7.37. The van der Waals surface area contributed by atoms with E-state index in [0.29, 0.717) is 19.4 Å². The van der Waals surface area contributed by atoms with Gasteiger partial charge in [0.2, 0.25) is 7.37 Å². The zero-order valence-corrected chi connectivity index (χ0v) is 10.9. The van der Waals surface area contributed by atoms with Crippen LogP contribution in [0.2, 0.25) is 0 Å². The highest BCUT2D eigenvalue weighted by Gasteiger charge is 2.27. The number of ether oxygens (including phenoxy) is 1. The summed E-state index contributed by atoms with van der Waals surface area (Å²) in [7, 11) is -2.63. The van der Waals surface area contributed by atoms with E-state index in [1.165, 1.54) is 0 Å². The van der Waals surface area contributed by atoms with Crippen LogP contribution >= 0.6 is 7.37 Å². The summed E-state index contributed by atoms with van der Waals surface area (Å²) in [6.07, 6.45) is 0.737. The minimum atomic E-state index is -2.63. The molecule has 2 unspecified atom stereocenters. The van der Waals surface area contributed by atoms with Crippen LogP contribution in [-0.2, 0) is 18.6 Å². The fourth-order valence-electron chi connectivity index (χ4n) is 1.28. The van der Waals surface area contributed by atoms with E-state index in [4.69, 9.17) is 9.26 Å². The maximum atomic E-state index is 12.1. The van der Waals surface area contributed by atoms with Gasteiger partial charge in [0, 0.05) is 12.3 Å². The van der Waals surface area contributed by atoms with Crippen molar-refractivity contribution in [1.82, 2.24) is 0 Å². The monoisotopic (exact) mass is 236 g/mol. The quantitative estimate of drug-likeness (QED) is 0.503. The Morgan fingerprint density at radius 2 is 1.87 bits per heavy atom. The van der Waals surface area contributed by atoms with Crippen molar-refractivity contribution in [1.29, 1.82) is 0 Å². The van der Waals surface area contributed by atoms with Gasteiger partial charge in [0.15, 0.2) is 0 Å². The van der Waals surface area contributed by atoms with Crippen molar-refractivity contribution in [2.45, 2.75) is 27.7 Å². The molecule has 15 heavy (non-hydrogen) atoms. The molecule has 0 radical (unpaired) electrons. The molecular weight excluding hydrogens is 215 g/mol. The zero-order chi connectivity index (χ0) is 11.9. The van der Waals surface area contributed by atoms with E-state index in [1.807, 2.05) is 6.92 Å². The van der Waals surface area contributed by atoms with E-state index >= 15 is 0 Å². The second kappa shape index (κ2) is 7.02. The number of rotatable bonds is 7. The minimum absolute atomic E-state index is 0.274. The van der Waals surface area contributed by atoms with Crippen LogP contribution in [0, 0.1) is 5.92 Å². The molecule has 0 saturated carbocycles. The van der Waals surface area contributed by atoms with Crippen molar-refractivity contribution in [2.75, 3.05) is 25.5 Å². The lowest BCUT2D eigenvalue weighted by atomic mass is 10.2. The molecule has 0 aliphatic heterocycles. The molecule has 0 aliphatic carbocycles. The van der Waals surface area contributed by atoms with E-state index in [-0.39, 0.29) is 18.0 Å². The van der Waals surface area contributed by atoms with Gasteiger partial charge < -0.3 is 9.26 Å². The van der Waals surface area contributed by atoms with Crippen LogP contribution in [0.5, 0.6) is 0 Å². The van der Waals surface area contributed by atoms with Crippen molar-refractivity contribution in [3.8, 4) is 0 Å². The van der Waals surface area contributed by atoms with Gasteiger partial charge in [-0.1, -0.05) is 13.8 Å². The molecule has 0 heterocycles. The maximum Gasteiger partial charge on any atom is 0.309 e. The summed E-state index contributed by atoms with van der Waals surface area (Å²) in [6, 6.07) is 0. The normalized spacial score (nSPS) is 16.8. The molecule has 0 aromatic carbocycles. The Morgan fingerprint density at radius 3 is 2.27 bits per heavy atom. The average Bonchev–Trinajstić information content (AvgIpc) is 2.18. The molecule has 90 valence electrons. The largest absolute Gasteiger partial charge is 0.466 e. The SMILES string of the molecule is CCOC(=O)C(C)CP(=O)(CC)OCC. The first kappa shape index (κ1) is 14.7. The smallest absolute Gasteiger partial charge is 0.309 e. The van der Waals surface area contributed by atoms with Crippen molar-refractivity contribution < 1.29 is 18.6 Å². The van der Waals surface area contributed by atoms with Crippen molar-refractivity contribution in [3.63, 3.8) is 0 Å². The Morgan fingerprint density at radius 1 is 1.27 bits per heavy atom. The first-order chi connectivity index (χ1) is 6.99. The summed E-state index contributed by atoms with van der Waals surface area (Å²) in [4.78, 5) is 11.3. The third-order valence-corrected chi connectivity index (χ3v) is 4.88. The molecular formula is C10H21O4P. The zero-order valence-electron chi connectivity index (χ0n) is 9.99. The van der Waals surface area contributed by atoms with Gasteiger partial charge in [-0.25, -0.2) is 0 Å². The molecule has 0 saturated heterocycles. The van der Waals surface area contributed by atoms with Gasteiger partial charge in [-0.05, 0) is 13.8 Å². The second-order valence-corrected chi connectivity index (χ2v) is 6.27. The third kappa shape index (κ3) is 5.33. The highest BCUT2D eigenvalue weighted by Crippen LogP contribution is 2.47. The number of esters is 1. The molecule has 0 fully saturated rings. The van der Waals surface area contributed by atoms with Crippen LogP contribution in [0.1, 0.15) is 27.7 Å². The fourth-order valence-corrected chi connectivity index (χ4v) is 3.29.